The van der Waals surface area contributed by atoms with Gasteiger partial charge in [-0.15, -0.1) is 0 Å². The molecule has 0 aromatic heterocycles. The highest BCUT2D eigenvalue weighted by Crippen LogP contribution is 2.18. The van der Waals surface area contributed by atoms with E-state index in [1.165, 1.54) is 11.0 Å². The van der Waals surface area contributed by atoms with E-state index in [0.717, 1.165) is 0 Å². The fraction of sp³-hybridized carbons (Fsp3) is 0.417. The van der Waals surface area contributed by atoms with Gasteiger partial charge in [0, 0.05) is 18.6 Å². The van der Waals surface area contributed by atoms with Gasteiger partial charge in [0.2, 0.25) is 0 Å². The van der Waals surface area contributed by atoms with Crippen molar-refractivity contribution in [1.29, 1.82) is 0 Å². The highest BCUT2D eigenvalue weighted by atomic mass is 19.1. The van der Waals surface area contributed by atoms with Crippen molar-refractivity contribution in [3.05, 3.63) is 35.6 Å². The summed E-state index contributed by atoms with van der Waals surface area (Å²) in [6, 6.07) is 6.34. The van der Waals surface area contributed by atoms with Crippen molar-refractivity contribution in [2.24, 2.45) is 0 Å². The van der Waals surface area contributed by atoms with Crippen molar-refractivity contribution < 1.29 is 19.0 Å². The van der Waals surface area contributed by atoms with Gasteiger partial charge in [-0.2, -0.15) is 0 Å². The number of aliphatic hydroxyl groups excluding tert-OH is 1. The molecule has 0 bridgehead atoms. The standard InChI is InChI=1S/C12H14FNO3/c13-11-4-2-1-3-9(11)7-14-8-10(5-6-15)17-12(14)16/h1-4,10,15H,5-8H2. The second-order valence-electron chi connectivity index (χ2n) is 3.99. The number of aliphatic hydroxyl groups is 1. The largest absolute Gasteiger partial charge is 0.444 e. The van der Waals surface area contributed by atoms with Crippen LogP contribution in [0, 0.1) is 5.82 Å². The highest BCUT2D eigenvalue weighted by molar-refractivity contribution is 5.69. The molecule has 1 amide bonds. The summed E-state index contributed by atoms with van der Waals surface area (Å²) in [4.78, 5) is 12.9. The van der Waals surface area contributed by atoms with Crippen LogP contribution in [0.25, 0.3) is 0 Å². The fourth-order valence-electron chi connectivity index (χ4n) is 1.83. The van der Waals surface area contributed by atoms with Crippen LogP contribution in [0.1, 0.15) is 12.0 Å². The molecule has 4 nitrogen and oxygen atoms in total. The zero-order valence-corrected chi connectivity index (χ0v) is 9.30. The van der Waals surface area contributed by atoms with Crippen LogP contribution in [-0.2, 0) is 11.3 Å². The van der Waals surface area contributed by atoms with Crippen LogP contribution in [0.2, 0.25) is 0 Å². The number of nitrogens with zero attached hydrogens (tertiary/aromatic N) is 1. The average Bonchev–Trinajstić information content (AvgIpc) is 2.63. The fourth-order valence-corrected chi connectivity index (χ4v) is 1.83. The lowest BCUT2D eigenvalue weighted by Crippen LogP contribution is -2.25. The smallest absolute Gasteiger partial charge is 0.410 e. The Balaban J connectivity index is 2.00. The molecule has 1 saturated heterocycles. The van der Waals surface area contributed by atoms with E-state index in [1.807, 2.05) is 0 Å². The summed E-state index contributed by atoms with van der Waals surface area (Å²) >= 11 is 0. The number of hydrogen-bond donors (Lipinski definition) is 1. The van der Waals surface area contributed by atoms with Crippen molar-refractivity contribution >= 4 is 6.09 Å². The topological polar surface area (TPSA) is 49.8 Å². The van der Waals surface area contributed by atoms with Crippen LogP contribution in [0.3, 0.4) is 0 Å². The Labute approximate surface area is 98.6 Å². The molecular weight excluding hydrogens is 225 g/mol. The third-order valence-electron chi connectivity index (χ3n) is 2.72. The molecule has 0 aliphatic carbocycles. The first-order chi connectivity index (χ1) is 8.20. The Morgan fingerprint density at radius 2 is 2.24 bits per heavy atom. The average molecular weight is 239 g/mol. The minimum atomic E-state index is -0.452. The van der Waals surface area contributed by atoms with Crippen molar-refractivity contribution in [2.45, 2.75) is 19.1 Å². The molecular formula is C12H14FNO3. The van der Waals surface area contributed by atoms with Gasteiger partial charge in [0.05, 0.1) is 13.1 Å². The van der Waals surface area contributed by atoms with E-state index in [9.17, 15) is 9.18 Å². The predicted molar refractivity (Wildman–Crippen MR) is 58.8 cm³/mol. The summed E-state index contributed by atoms with van der Waals surface area (Å²) in [7, 11) is 0. The molecule has 0 saturated carbocycles. The molecule has 1 fully saturated rings. The zero-order chi connectivity index (χ0) is 12.3. The molecule has 1 aliphatic rings. The van der Waals surface area contributed by atoms with Crippen molar-refractivity contribution in [2.75, 3.05) is 13.2 Å². The van der Waals surface area contributed by atoms with Gasteiger partial charge in [-0.05, 0) is 6.07 Å². The number of carbonyl (C=O) groups excluding carboxylic acids is 1. The third kappa shape index (κ3) is 2.74. The maximum Gasteiger partial charge on any atom is 0.410 e. The Hall–Kier alpha value is -1.62. The monoisotopic (exact) mass is 239 g/mol. The van der Waals surface area contributed by atoms with Crippen LogP contribution >= 0.6 is 0 Å². The molecule has 2 rings (SSSR count). The molecule has 1 unspecified atom stereocenters. The highest BCUT2D eigenvalue weighted by Gasteiger charge is 2.30. The summed E-state index contributed by atoms with van der Waals surface area (Å²) < 4.78 is 18.4. The lowest BCUT2D eigenvalue weighted by molar-refractivity contribution is 0.117. The number of carbonyl (C=O) groups is 1. The number of amides is 1. The summed E-state index contributed by atoms with van der Waals surface area (Å²) in [6.07, 6.45) is -0.328. The van der Waals surface area contributed by atoms with Crippen LogP contribution in [-0.4, -0.2) is 35.4 Å². The van der Waals surface area contributed by atoms with Crippen molar-refractivity contribution in [3.63, 3.8) is 0 Å². The Bertz CT molecular complexity index is 410. The normalized spacial score (nSPS) is 19.5. The van der Waals surface area contributed by atoms with Gasteiger partial charge in [0.15, 0.2) is 0 Å². The number of cyclic esters (lactones) is 1. The van der Waals surface area contributed by atoms with Gasteiger partial charge in [0.25, 0.3) is 0 Å². The van der Waals surface area contributed by atoms with Gasteiger partial charge in [0.1, 0.15) is 11.9 Å². The number of hydrogen-bond acceptors (Lipinski definition) is 3. The zero-order valence-electron chi connectivity index (χ0n) is 9.30. The van der Waals surface area contributed by atoms with Gasteiger partial charge < -0.3 is 14.7 Å². The van der Waals surface area contributed by atoms with Gasteiger partial charge in [-0.25, -0.2) is 9.18 Å². The first-order valence-corrected chi connectivity index (χ1v) is 5.50. The summed E-state index contributed by atoms with van der Waals surface area (Å²) in [5.41, 5.74) is 0.467. The SMILES string of the molecule is O=C1OC(CCO)CN1Cc1ccccc1F. The Morgan fingerprint density at radius 1 is 1.47 bits per heavy atom. The Morgan fingerprint density at radius 3 is 2.94 bits per heavy atom. The van der Waals surface area contributed by atoms with E-state index in [1.54, 1.807) is 18.2 Å². The minimum absolute atomic E-state index is 0.0223. The maximum atomic E-state index is 13.4. The van der Waals surface area contributed by atoms with E-state index >= 15 is 0 Å². The van der Waals surface area contributed by atoms with E-state index in [2.05, 4.69) is 0 Å². The number of ether oxygens (including phenoxy) is 1. The second-order valence-corrected chi connectivity index (χ2v) is 3.99. The molecule has 1 heterocycles. The maximum absolute atomic E-state index is 13.4. The van der Waals surface area contributed by atoms with E-state index in [0.29, 0.717) is 18.5 Å². The van der Waals surface area contributed by atoms with Crippen molar-refractivity contribution in [3.8, 4) is 0 Å². The summed E-state index contributed by atoms with van der Waals surface area (Å²) in [5, 5.41) is 8.76. The second kappa shape index (κ2) is 5.14. The van der Waals surface area contributed by atoms with Crippen LogP contribution in [0.4, 0.5) is 9.18 Å². The lowest BCUT2D eigenvalue weighted by atomic mass is 10.2. The molecule has 1 aromatic rings. The molecule has 0 radical (unpaired) electrons. The number of benzene rings is 1. The first kappa shape index (κ1) is 11.9. The van der Waals surface area contributed by atoms with Gasteiger partial charge in [-0.1, -0.05) is 18.2 Å². The van der Waals surface area contributed by atoms with Crippen LogP contribution in [0.15, 0.2) is 24.3 Å². The summed E-state index contributed by atoms with van der Waals surface area (Å²) in [5.74, 6) is -0.328. The lowest BCUT2D eigenvalue weighted by Gasteiger charge is -2.13. The first-order valence-electron chi connectivity index (χ1n) is 5.50. The number of rotatable bonds is 4. The molecule has 1 atom stereocenters. The molecule has 92 valence electrons. The molecule has 1 aliphatic heterocycles. The third-order valence-corrected chi connectivity index (χ3v) is 2.72. The van der Waals surface area contributed by atoms with E-state index in [-0.39, 0.29) is 25.1 Å². The number of halogens is 1. The quantitative estimate of drug-likeness (QED) is 0.866. The molecule has 1 N–H and O–H groups in total. The Kier molecular flexibility index (Phi) is 3.58. The predicted octanol–water partition coefficient (Wildman–Crippen LogP) is 1.53. The minimum Gasteiger partial charge on any atom is -0.444 e. The molecule has 5 heteroatoms. The van der Waals surface area contributed by atoms with E-state index < -0.39 is 6.09 Å². The molecule has 1 aromatic carbocycles. The van der Waals surface area contributed by atoms with E-state index in [4.69, 9.17) is 9.84 Å². The summed E-state index contributed by atoms with van der Waals surface area (Å²) in [6.45, 7) is 0.576. The van der Waals surface area contributed by atoms with Crippen molar-refractivity contribution in [1.82, 2.24) is 4.90 Å². The van der Waals surface area contributed by atoms with Crippen LogP contribution in [0.5, 0.6) is 0 Å². The van der Waals surface area contributed by atoms with Gasteiger partial charge in [-0.3, -0.25) is 0 Å². The molecule has 17 heavy (non-hydrogen) atoms. The van der Waals surface area contributed by atoms with Gasteiger partial charge >= 0.3 is 6.09 Å². The van der Waals surface area contributed by atoms with Crippen LogP contribution < -0.4 is 0 Å². The molecule has 0 spiro atoms.